The summed E-state index contributed by atoms with van der Waals surface area (Å²) in [6.45, 7) is 5.74. The van der Waals surface area contributed by atoms with Crippen molar-refractivity contribution in [2.24, 2.45) is 0 Å². The molecule has 0 aliphatic rings. The van der Waals surface area contributed by atoms with E-state index in [0.717, 1.165) is 6.54 Å². The Labute approximate surface area is 112 Å². The largest absolute Gasteiger partial charge is 0.476 e. The second kappa shape index (κ2) is 7.52. The summed E-state index contributed by atoms with van der Waals surface area (Å²) in [7, 11) is 0. The Morgan fingerprint density at radius 1 is 1.53 bits per heavy atom. The summed E-state index contributed by atoms with van der Waals surface area (Å²) in [5.41, 5.74) is 0.00657. The van der Waals surface area contributed by atoms with E-state index in [1.807, 2.05) is 13.8 Å². The predicted octanol–water partition coefficient (Wildman–Crippen LogP) is 0.0856. The van der Waals surface area contributed by atoms with Gasteiger partial charge in [-0.2, -0.15) is 0 Å². The standard InChI is InChI=1S/C12H20N4O3/c1-3-13-9(2)6-11(17)14-4-5-16-7-10(12(18)19)15-8-16/h7-9,13H,3-6H2,1-2H3,(H,14,17)(H,18,19). The lowest BCUT2D eigenvalue weighted by molar-refractivity contribution is -0.121. The van der Waals surface area contributed by atoms with Crippen molar-refractivity contribution in [3.05, 3.63) is 18.2 Å². The zero-order valence-electron chi connectivity index (χ0n) is 11.2. The van der Waals surface area contributed by atoms with Crippen LogP contribution in [0.4, 0.5) is 0 Å². The highest BCUT2D eigenvalue weighted by Crippen LogP contribution is 1.95. The summed E-state index contributed by atoms with van der Waals surface area (Å²) < 4.78 is 1.64. The fourth-order valence-corrected chi connectivity index (χ4v) is 1.69. The summed E-state index contributed by atoms with van der Waals surface area (Å²) in [5, 5.41) is 14.7. The molecule has 0 aliphatic heterocycles. The van der Waals surface area contributed by atoms with Gasteiger partial charge in [-0.1, -0.05) is 6.92 Å². The average molecular weight is 268 g/mol. The highest BCUT2D eigenvalue weighted by atomic mass is 16.4. The minimum absolute atomic E-state index is 0.00657. The van der Waals surface area contributed by atoms with E-state index < -0.39 is 5.97 Å². The lowest BCUT2D eigenvalue weighted by atomic mass is 10.2. The number of carboxylic acid groups (broad SMARTS) is 1. The van der Waals surface area contributed by atoms with Gasteiger partial charge in [0.15, 0.2) is 5.69 Å². The van der Waals surface area contributed by atoms with E-state index in [1.165, 1.54) is 12.5 Å². The van der Waals surface area contributed by atoms with E-state index in [1.54, 1.807) is 4.57 Å². The maximum atomic E-state index is 11.6. The van der Waals surface area contributed by atoms with Crippen molar-refractivity contribution in [1.29, 1.82) is 0 Å². The monoisotopic (exact) mass is 268 g/mol. The fraction of sp³-hybridized carbons (Fsp3) is 0.583. The van der Waals surface area contributed by atoms with Gasteiger partial charge in [0.1, 0.15) is 0 Å². The zero-order valence-corrected chi connectivity index (χ0v) is 11.2. The van der Waals surface area contributed by atoms with Crippen LogP contribution in [-0.4, -0.2) is 45.7 Å². The van der Waals surface area contributed by atoms with Gasteiger partial charge in [0, 0.05) is 31.7 Å². The Balaban J connectivity index is 2.25. The lowest BCUT2D eigenvalue weighted by Crippen LogP contribution is -2.34. The van der Waals surface area contributed by atoms with E-state index in [4.69, 9.17) is 5.11 Å². The van der Waals surface area contributed by atoms with Gasteiger partial charge in [0.05, 0.1) is 6.33 Å². The third kappa shape index (κ3) is 5.52. The van der Waals surface area contributed by atoms with Crippen LogP contribution >= 0.6 is 0 Å². The molecule has 1 aromatic heterocycles. The summed E-state index contributed by atoms with van der Waals surface area (Å²) in [6, 6.07) is 0.150. The van der Waals surface area contributed by atoms with Gasteiger partial charge < -0.3 is 20.3 Å². The van der Waals surface area contributed by atoms with Crippen LogP contribution in [0.5, 0.6) is 0 Å². The molecule has 0 saturated carbocycles. The predicted molar refractivity (Wildman–Crippen MR) is 70.0 cm³/mol. The Morgan fingerprint density at radius 3 is 2.84 bits per heavy atom. The molecular weight excluding hydrogens is 248 g/mol. The fourth-order valence-electron chi connectivity index (χ4n) is 1.69. The summed E-state index contributed by atoms with van der Waals surface area (Å²) in [5.74, 6) is -1.07. The molecule has 1 atom stereocenters. The quantitative estimate of drug-likeness (QED) is 0.620. The maximum Gasteiger partial charge on any atom is 0.356 e. The molecule has 106 valence electrons. The van der Waals surface area contributed by atoms with E-state index in [9.17, 15) is 9.59 Å². The van der Waals surface area contributed by atoms with Gasteiger partial charge in [-0.05, 0) is 13.5 Å². The topological polar surface area (TPSA) is 96.3 Å². The summed E-state index contributed by atoms with van der Waals surface area (Å²) >= 11 is 0. The molecule has 7 heteroatoms. The second-order valence-electron chi connectivity index (χ2n) is 4.31. The summed E-state index contributed by atoms with van der Waals surface area (Å²) in [4.78, 5) is 25.9. The Hall–Kier alpha value is -1.89. The van der Waals surface area contributed by atoms with Crippen LogP contribution in [0.3, 0.4) is 0 Å². The SMILES string of the molecule is CCNC(C)CC(=O)NCCn1cnc(C(=O)O)c1. The van der Waals surface area contributed by atoms with Crippen LogP contribution in [0.15, 0.2) is 12.5 Å². The Kier molecular flexibility index (Phi) is 6.01. The van der Waals surface area contributed by atoms with Gasteiger partial charge in [-0.15, -0.1) is 0 Å². The van der Waals surface area contributed by atoms with Crippen molar-refractivity contribution in [2.75, 3.05) is 13.1 Å². The first-order valence-electron chi connectivity index (χ1n) is 6.28. The molecule has 0 aromatic carbocycles. The molecule has 1 unspecified atom stereocenters. The number of imidazole rings is 1. The first-order valence-corrected chi connectivity index (χ1v) is 6.28. The third-order valence-electron chi connectivity index (χ3n) is 2.59. The molecule has 0 saturated heterocycles. The molecule has 0 aliphatic carbocycles. The van der Waals surface area contributed by atoms with E-state index >= 15 is 0 Å². The van der Waals surface area contributed by atoms with Crippen LogP contribution in [0, 0.1) is 0 Å². The van der Waals surface area contributed by atoms with Gasteiger partial charge >= 0.3 is 5.97 Å². The molecule has 1 aromatic rings. The minimum Gasteiger partial charge on any atom is -0.476 e. The van der Waals surface area contributed by atoms with Gasteiger partial charge in [-0.3, -0.25) is 4.79 Å². The number of carboxylic acids is 1. The van der Waals surface area contributed by atoms with Crippen LogP contribution in [0.2, 0.25) is 0 Å². The Morgan fingerprint density at radius 2 is 2.26 bits per heavy atom. The van der Waals surface area contributed by atoms with E-state index in [0.29, 0.717) is 19.5 Å². The number of aromatic nitrogens is 2. The normalized spacial score (nSPS) is 12.1. The summed E-state index contributed by atoms with van der Waals surface area (Å²) in [6.07, 6.45) is 3.31. The highest BCUT2D eigenvalue weighted by molar-refractivity contribution is 5.84. The van der Waals surface area contributed by atoms with Crippen molar-refractivity contribution in [2.45, 2.75) is 32.9 Å². The molecule has 1 amide bonds. The van der Waals surface area contributed by atoms with Crippen LogP contribution in [0.25, 0.3) is 0 Å². The smallest absolute Gasteiger partial charge is 0.356 e. The minimum atomic E-state index is -1.05. The van der Waals surface area contributed by atoms with Gasteiger partial charge in [-0.25, -0.2) is 9.78 Å². The molecule has 19 heavy (non-hydrogen) atoms. The van der Waals surface area contributed by atoms with Crippen molar-refractivity contribution in [1.82, 2.24) is 20.2 Å². The molecule has 1 heterocycles. The molecule has 0 bridgehead atoms. The van der Waals surface area contributed by atoms with Crippen molar-refractivity contribution < 1.29 is 14.7 Å². The first kappa shape index (κ1) is 15.2. The molecule has 0 spiro atoms. The van der Waals surface area contributed by atoms with Crippen LogP contribution in [-0.2, 0) is 11.3 Å². The molecule has 7 nitrogen and oxygen atoms in total. The molecule has 3 N–H and O–H groups in total. The van der Waals surface area contributed by atoms with Crippen molar-refractivity contribution >= 4 is 11.9 Å². The number of carbonyl (C=O) groups excluding carboxylic acids is 1. The number of hydrogen-bond acceptors (Lipinski definition) is 4. The highest BCUT2D eigenvalue weighted by Gasteiger charge is 2.08. The molecule has 1 rings (SSSR count). The number of carbonyl (C=O) groups is 2. The van der Waals surface area contributed by atoms with Crippen molar-refractivity contribution in [3.8, 4) is 0 Å². The number of amides is 1. The lowest BCUT2D eigenvalue weighted by Gasteiger charge is -2.12. The number of aromatic carboxylic acids is 1. The Bertz CT molecular complexity index is 430. The van der Waals surface area contributed by atoms with E-state index in [-0.39, 0.29) is 17.6 Å². The van der Waals surface area contributed by atoms with E-state index in [2.05, 4.69) is 15.6 Å². The van der Waals surface area contributed by atoms with Crippen LogP contribution < -0.4 is 10.6 Å². The average Bonchev–Trinajstić information content (AvgIpc) is 2.78. The molecular formula is C12H20N4O3. The maximum absolute atomic E-state index is 11.6. The second-order valence-corrected chi connectivity index (χ2v) is 4.31. The third-order valence-corrected chi connectivity index (χ3v) is 2.59. The van der Waals surface area contributed by atoms with Gasteiger partial charge in [0.2, 0.25) is 5.91 Å². The molecule has 0 fully saturated rings. The molecule has 0 radical (unpaired) electrons. The van der Waals surface area contributed by atoms with Crippen molar-refractivity contribution in [3.63, 3.8) is 0 Å². The van der Waals surface area contributed by atoms with Gasteiger partial charge in [0.25, 0.3) is 0 Å². The number of nitrogens with one attached hydrogen (secondary N) is 2. The number of nitrogens with zero attached hydrogens (tertiary/aromatic N) is 2. The zero-order chi connectivity index (χ0) is 14.3. The number of hydrogen-bond donors (Lipinski definition) is 3. The first-order chi connectivity index (χ1) is 9.02. The number of rotatable bonds is 8. The van der Waals surface area contributed by atoms with Crippen LogP contribution in [0.1, 0.15) is 30.8 Å².